The van der Waals surface area contributed by atoms with Crippen molar-refractivity contribution >= 4 is 5.91 Å². The molecule has 2 atom stereocenters. The molecule has 0 unspecified atom stereocenters. The second-order valence-electron chi connectivity index (χ2n) is 7.27. The number of rotatable bonds is 4. The van der Waals surface area contributed by atoms with Crippen LogP contribution in [0.15, 0.2) is 22.7 Å². The number of carbonyl (C=O) groups excluding carboxylic acids is 1. The zero-order chi connectivity index (χ0) is 18.8. The topological polar surface area (TPSA) is 78.6 Å². The summed E-state index contributed by atoms with van der Waals surface area (Å²) in [5.74, 6) is 0.693. The average molecular weight is 357 g/mol. The van der Waals surface area contributed by atoms with Crippen molar-refractivity contribution < 1.29 is 14.4 Å². The fourth-order valence-electron chi connectivity index (χ4n) is 3.39. The monoisotopic (exact) mass is 357 g/mol. The molecule has 0 radical (unpaired) electrons. The Morgan fingerprint density at radius 3 is 2.69 bits per heavy atom. The van der Waals surface area contributed by atoms with E-state index in [1.54, 1.807) is 0 Å². The van der Waals surface area contributed by atoms with Gasteiger partial charge in [0, 0.05) is 30.8 Å². The maximum Gasteiger partial charge on any atom is 0.251 e. The number of aliphatic hydroxyl groups is 1. The number of aryl methyl sites for hydroxylation is 4. The molecule has 3 rings (SSSR count). The fourth-order valence-corrected chi connectivity index (χ4v) is 3.39. The summed E-state index contributed by atoms with van der Waals surface area (Å²) in [6, 6.07) is 5.44. The quantitative estimate of drug-likeness (QED) is 0.878. The highest BCUT2D eigenvalue weighted by molar-refractivity contribution is 5.94. The Morgan fingerprint density at radius 1 is 1.31 bits per heavy atom. The van der Waals surface area contributed by atoms with Crippen LogP contribution in [-0.2, 0) is 6.54 Å². The van der Waals surface area contributed by atoms with Crippen molar-refractivity contribution in [2.75, 3.05) is 13.1 Å². The van der Waals surface area contributed by atoms with Crippen LogP contribution in [0.1, 0.15) is 44.9 Å². The molecule has 1 aromatic heterocycles. The van der Waals surface area contributed by atoms with Crippen LogP contribution in [0.2, 0.25) is 0 Å². The fraction of sp³-hybridized carbons (Fsp3) is 0.500. The third kappa shape index (κ3) is 3.97. The highest BCUT2D eigenvalue weighted by atomic mass is 16.5. The van der Waals surface area contributed by atoms with E-state index in [0.29, 0.717) is 25.1 Å². The van der Waals surface area contributed by atoms with E-state index >= 15 is 0 Å². The number of amides is 1. The molecule has 2 heterocycles. The highest BCUT2D eigenvalue weighted by Gasteiger charge is 2.30. The predicted molar refractivity (Wildman–Crippen MR) is 99.0 cm³/mol. The van der Waals surface area contributed by atoms with Crippen molar-refractivity contribution in [3.05, 3.63) is 51.9 Å². The van der Waals surface area contributed by atoms with Gasteiger partial charge in [0.25, 0.3) is 5.91 Å². The number of aromatic nitrogens is 1. The maximum absolute atomic E-state index is 12.5. The van der Waals surface area contributed by atoms with Gasteiger partial charge in [0.15, 0.2) is 0 Å². The van der Waals surface area contributed by atoms with Gasteiger partial charge in [-0.3, -0.25) is 9.69 Å². The first-order valence-electron chi connectivity index (χ1n) is 9.05. The number of carbonyl (C=O) groups is 1. The van der Waals surface area contributed by atoms with Gasteiger partial charge < -0.3 is 14.9 Å². The van der Waals surface area contributed by atoms with Crippen LogP contribution in [0.5, 0.6) is 0 Å². The molecule has 2 N–H and O–H groups in total. The minimum Gasteiger partial charge on any atom is -0.390 e. The molecule has 6 heteroatoms. The van der Waals surface area contributed by atoms with E-state index < -0.39 is 6.10 Å². The Balaban J connectivity index is 1.58. The van der Waals surface area contributed by atoms with E-state index in [1.807, 2.05) is 45.9 Å². The number of hydrogen-bond acceptors (Lipinski definition) is 5. The van der Waals surface area contributed by atoms with Crippen molar-refractivity contribution in [3.63, 3.8) is 0 Å². The van der Waals surface area contributed by atoms with Gasteiger partial charge in [-0.25, -0.2) is 0 Å². The molecule has 1 amide bonds. The van der Waals surface area contributed by atoms with Gasteiger partial charge in [0.2, 0.25) is 0 Å². The number of benzene rings is 1. The molecule has 1 fully saturated rings. The minimum absolute atomic E-state index is 0.128. The summed E-state index contributed by atoms with van der Waals surface area (Å²) >= 11 is 0. The minimum atomic E-state index is -0.597. The summed E-state index contributed by atoms with van der Waals surface area (Å²) in [5.41, 5.74) is 4.86. The highest BCUT2D eigenvalue weighted by Crippen LogP contribution is 2.19. The number of β-amino-alcohol motifs (C(OH)–C–C–N with tert-alkyl or cyclic N) is 1. The maximum atomic E-state index is 12.5. The Labute approximate surface area is 154 Å². The lowest BCUT2D eigenvalue weighted by molar-refractivity contribution is 0.0347. The Bertz CT molecular complexity index is 780. The van der Waals surface area contributed by atoms with E-state index in [2.05, 4.69) is 15.4 Å². The van der Waals surface area contributed by atoms with Crippen molar-refractivity contribution in [3.8, 4) is 0 Å². The third-order valence-corrected chi connectivity index (χ3v) is 5.31. The van der Waals surface area contributed by atoms with Crippen molar-refractivity contribution in [1.82, 2.24) is 15.4 Å². The molecule has 2 aromatic rings. The number of hydrogen-bond donors (Lipinski definition) is 2. The van der Waals surface area contributed by atoms with Gasteiger partial charge in [-0.1, -0.05) is 11.2 Å². The Hall–Kier alpha value is -2.18. The summed E-state index contributed by atoms with van der Waals surface area (Å²) in [6.07, 6.45) is 0.112. The van der Waals surface area contributed by atoms with Crippen LogP contribution < -0.4 is 5.32 Å². The summed E-state index contributed by atoms with van der Waals surface area (Å²) in [6.45, 7) is 9.88. The van der Waals surface area contributed by atoms with Gasteiger partial charge in [0.05, 0.1) is 17.8 Å². The first-order chi connectivity index (χ1) is 12.3. The first-order valence-corrected chi connectivity index (χ1v) is 9.05. The number of nitrogens with zero attached hydrogens (tertiary/aromatic N) is 2. The molecule has 0 spiro atoms. The molecule has 1 saturated heterocycles. The van der Waals surface area contributed by atoms with E-state index in [1.165, 1.54) is 0 Å². The molecule has 1 aliphatic heterocycles. The van der Waals surface area contributed by atoms with Gasteiger partial charge in [-0.05, 0) is 57.4 Å². The molecule has 0 aliphatic carbocycles. The zero-order valence-corrected chi connectivity index (χ0v) is 15.9. The third-order valence-electron chi connectivity index (χ3n) is 5.31. The molecule has 1 aromatic carbocycles. The number of aliphatic hydroxyl groups excluding tert-OH is 1. The summed E-state index contributed by atoms with van der Waals surface area (Å²) in [4.78, 5) is 14.7. The van der Waals surface area contributed by atoms with E-state index in [0.717, 1.165) is 34.7 Å². The van der Waals surface area contributed by atoms with Crippen molar-refractivity contribution in [1.29, 1.82) is 0 Å². The number of nitrogens with one attached hydrogen (secondary N) is 1. The zero-order valence-electron chi connectivity index (χ0n) is 15.9. The number of piperidine rings is 1. The first kappa shape index (κ1) is 18.6. The van der Waals surface area contributed by atoms with Crippen LogP contribution in [0.25, 0.3) is 0 Å². The van der Waals surface area contributed by atoms with Crippen LogP contribution in [0, 0.1) is 27.7 Å². The van der Waals surface area contributed by atoms with Gasteiger partial charge in [0.1, 0.15) is 5.76 Å². The van der Waals surface area contributed by atoms with Crippen molar-refractivity contribution in [2.24, 2.45) is 0 Å². The SMILES string of the molecule is Cc1ccc(C(=O)N[C@@H]2CCN(Cc3c(C)noc3C)C[C@H]2O)cc1C. The molecule has 1 aliphatic rings. The van der Waals surface area contributed by atoms with Crippen LogP contribution in [0.4, 0.5) is 0 Å². The van der Waals surface area contributed by atoms with Crippen LogP contribution in [0.3, 0.4) is 0 Å². The molecule has 0 saturated carbocycles. The summed E-state index contributed by atoms with van der Waals surface area (Å²) in [7, 11) is 0. The average Bonchev–Trinajstić information content (AvgIpc) is 2.91. The van der Waals surface area contributed by atoms with Crippen LogP contribution >= 0.6 is 0 Å². The van der Waals surface area contributed by atoms with Gasteiger partial charge in [-0.15, -0.1) is 0 Å². The van der Waals surface area contributed by atoms with E-state index in [4.69, 9.17) is 4.52 Å². The number of likely N-dealkylation sites (tertiary alicyclic amines) is 1. The Kier molecular flexibility index (Phi) is 5.44. The smallest absolute Gasteiger partial charge is 0.251 e. The predicted octanol–water partition coefficient (Wildman–Crippen LogP) is 2.27. The molecular weight excluding hydrogens is 330 g/mol. The van der Waals surface area contributed by atoms with Crippen molar-refractivity contribution in [2.45, 2.75) is 52.8 Å². The lowest BCUT2D eigenvalue weighted by Gasteiger charge is -2.36. The standard InChI is InChI=1S/C20H27N3O3/c1-12-5-6-16(9-13(12)2)20(25)21-18-7-8-23(11-19(18)24)10-17-14(3)22-26-15(17)4/h5-6,9,18-19,24H,7-8,10-11H2,1-4H3,(H,21,25)/t18-,19-/m1/s1. The second kappa shape index (κ2) is 7.60. The molecule has 6 nitrogen and oxygen atoms in total. The largest absolute Gasteiger partial charge is 0.390 e. The van der Waals surface area contributed by atoms with Gasteiger partial charge in [-0.2, -0.15) is 0 Å². The van der Waals surface area contributed by atoms with Gasteiger partial charge >= 0.3 is 0 Å². The second-order valence-corrected chi connectivity index (χ2v) is 7.27. The molecule has 140 valence electrons. The van der Waals surface area contributed by atoms with E-state index in [9.17, 15) is 9.90 Å². The summed E-state index contributed by atoms with van der Waals surface area (Å²) < 4.78 is 5.21. The molecular formula is C20H27N3O3. The van der Waals surface area contributed by atoms with E-state index in [-0.39, 0.29) is 11.9 Å². The lowest BCUT2D eigenvalue weighted by Crippen LogP contribution is -2.53. The lowest BCUT2D eigenvalue weighted by atomic mass is 9.99. The molecule has 0 bridgehead atoms. The summed E-state index contributed by atoms with van der Waals surface area (Å²) in [5, 5.41) is 17.5. The normalized spacial score (nSPS) is 21.0. The van der Waals surface area contributed by atoms with Crippen LogP contribution in [-0.4, -0.2) is 46.3 Å². The molecule has 26 heavy (non-hydrogen) atoms. The Morgan fingerprint density at radius 2 is 2.08 bits per heavy atom.